The van der Waals surface area contributed by atoms with Crippen LogP contribution in [0.1, 0.15) is 36.2 Å². The molecule has 18 heavy (non-hydrogen) atoms. The van der Waals surface area contributed by atoms with Crippen LogP contribution in [0.3, 0.4) is 0 Å². The van der Waals surface area contributed by atoms with E-state index in [1.807, 2.05) is 6.07 Å². The summed E-state index contributed by atoms with van der Waals surface area (Å²) in [6.45, 7) is 0.616. The fourth-order valence-corrected chi connectivity index (χ4v) is 2.50. The lowest BCUT2D eigenvalue weighted by atomic mass is 9.97. The maximum Gasteiger partial charge on any atom is 0.269 e. The summed E-state index contributed by atoms with van der Waals surface area (Å²) in [5.41, 5.74) is 7.21. The summed E-state index contributed by atoms with van der Waals surface area (Å²) in [4.78, 5) is 15.6. The zero-order valence-corrected chi connectivity index (χ0v) is 10.7. The van der Waals surface area contributed by atoms with Gasteiger partial charge in [-0.3, -0.25) is 9.78 Å². The van der Waals surface area contributed by atoms with Crippen molar-refractivity contribution in [2.45, 2.75) is 31.2 Å². The zero-order chi connectivity index (χ0) is 13.0. The molecule has 1 amide bonds. The van der Waals surface area contributed by atoms with Gasteiger partial charge in [-0.05, 0) is 25.0 Å². The molecule has 1 saturated carbocycles. The van der Waals surface area contributed by atoms with Crippen molar-refractivity contribution in [2.75, 3.05) is 18.9 Å². The number of rotatable bonds is 4. The van der Waals surface area contributed by atoms with Crippen LogP contribution in [0.25, 0.3) is 0 Å². The third-order valence-corrected chi connectivity index (χ3v) is 3.58. The Balaban J connectivity index is 2.16. The maximum absolute atomic E-state index is 11.5. The van der Waals surface area contributed by atoms with E-state index in [1.165, 1.54) is 12.8 Å². The van der Waals surface area contributed by atoms with Gasteiger partial charge in [-0.1, -0.05) is 12.8 Å². The molecule has 1 aliphatic carbocycles. The van der Waals surface area contributed by atoms with Crippen LogP contribution in [0.2, 0.25) is 0 Å². The van der Waals surface area contributed by atoms with E-state index < -0.39 is 0 Å². The number of amides is 1. The number of nitrogens with zero attached hydrogens (tertiary/aromatic N) is 1. The van der Waals surface area contributed by atoms with Crippen LogP contribution in [-0.2, 0) is 0 Å². The van der Waals surface area contributed by atoms with Crippen molar-refractivity contribution in [3.63, 3.8) is 0 Å². The SMILES string of the molecule is CNC(=O)c1cc(NC2(CN)CCCC2)ccn1. The Morgan fingerprint density at radius 1 is 1.50 bits per heavy atom. The molecule has 1 aromatic heterocycles. The van der Waals surface area contributed by atoms with Crippen LogP contribution in [0.15, 0.2) is 18.3 Å². The average molecular weight is 248 g/mol. The van der Waals surface area contributed by atoms with Crippen molar-refractivity contribution in [3.05, 3.63) is 24.0 Å². The van der Waals surface area contributed by atoms with Crippen LogP contribution in [0.5, 0.6) is 0 Å². The number of hydrogen-bond acceptors (Lipinski definition) is 4. The lowest BCUT2D eigenvalue weighted by molar-refractivity contribution is 0.0958. The molecule has 0 radical (unpaired) electrons. The second kappa shape index (κ2) is 5.35. The minimum atomic E-state index is -0.174. The summed E-state index contributed by atoms with van der Waals surface area (Å²) in [6.07, 6.45) is 6.23. The predicted molar refractivity (Wildman–Crippen MR) is 71.5 cm³/mol. The van der Waals surface area contributed by atoms with E-state index >= 15 is 0 Å². The molecule has 0 aromatic carbocycles. The summed E-state index contributed by atoms with van der Waals surface area (Å²) in [5, 5.41) is 6.05. The van der Waals surface area contributed by atoms with Crippen LogP contribution >= 0.6 is 0 Å². The minimum absolute atomic E-state index is 0.0126. The van der Waals surface area contributed by atoms with Gasteiger partial charge in [0.2, 0.25) is 0 Å². The minimum Gasteiger partial charge on any atom is -0.378 e. The maximum atomic E-state index is 11.5. The highest BCUT2D eigenvalue weighted by molar-refractivity contribution is 5.92. The second-order valence-corrected chi connectivity index (χ2v) is 4.83. The summed E-state index contributed by atoms with van der Waals surface area (Å²) >= 11 is 0. The van der Waals surface area contributed by atoms with Crippen molar-refractivity contribution in [2.24, 2.45) is 5.73 Å². The fourth-order valence-electron chi connectivity index (χ4n) is 2.50. The van der Waals surface area contributed by atoms with E-state index in [9.17, 15) is 4.79 Å². The Labute approximate surface area is 107 Å². The molecule has 0 saturated heterocycles. The smallest absolute Gasteiger partial charge is 0.269 e. The lowest BCUT2D eigenvalue weighted by Crippen LogP contribution is -2.42. The number of aromatic nitrogens is 1. The van der Waals surface area contributed by atoms with E-state index in [0.717, 1.165) is 18.5 Å². The standard InChI is InChI=1S/C13H20N4O/c1-15-12(18)11-8-10(4-7-16-11)17-13(9-14)5-2-3-6-13/h4,7-8H,2-3,5-6,9,14H2,1H3,(H,15,18)(H,16,17). The first kappa shape index (κ1) is 12.8. The molecule has 4 N–H and O–H groups in total. The van der Waals surface area contributed by atoms with E-state index in [-0.39, 0.29) is 11.4 Å². The number of carbonyl (C=O) groups excluding carboxylic acids is 1. The van der Waals surface area contributed by atoms with Gasteiger partial charge < -0.3 is 16.4 Å². The molecule has 5 heteroatoms. The van der Waals surface area contributed by atoms with E-state index in [2.05, 4.69) is 15.6 Å². The molecule has 0 atom stereocenters. The number of nitrogens with one attached hydrogen (secondary N) is 2. The molecule has 1 heterocycles. The summed E-state index contributed by atoms with van der Waals surface area (Å²) < 4.78 is 0. The van der Waals surface area contributed by atoms with Gasteiger partial charge in [-0.15, -0.1) is 0 Å². The topological polar surface area (TPSA) is 80.0 Å². The molecule has 98 valence electrons. The summed E-state index contributed by atoms with van der Waals surface area (Å²) in [5.74, 6) is -0.174. The first-order valence-corrected chi connectivity index (χ1v) is 6.35. The number of pyridine rings is 1. The Morgan fingerprint density at radius 2 is 2.22 bits per heavy atom. The van der Waals surface area contributed by atoms with E-state index in [4.69, 9.17) is 5.73 Å². The molecule has 1 aliphatic rings. The molecule has 2 rings (SSSR count). The number of carbonyl (C=O) groups is 1. The fraction of sp³-hybridized carbons (Fsp3) is 0.538. The van der Waals surface area contributed by atoms with Gasteiger partial charge in [0, 0.05) is 31.0 Å². The number of anilines is 1. The van der Waals surface area contributed by atoms with Crippen molar-refractivity contribution in [1.29, 1.82) is 0 Å². The normalized spacial score (nSPS) is 17.4. The highest BCUT2D eigenvalue weighted by Gasteiger charge is 2.32. The number of nitrogens with two attached hydrogens (primary N) is 1. The van der Waals surface area contributed by atoms with Gasteiger partial charge in [0.05, 0.1) is 0 Å². The third kappa shape index (κ3) is 2.61. The van der Waals surface area contributed by atoms with Crippen molar-refractivity contribution in [1.82, 2.24) is 10.3 Å². The molecule has 1 aromatic rings. The highest BCUT2D eigenvalue weighted by Crippen LogP contribution is 2.32. The molecule has 0 spiro atoms. The van der Waals surface area contributed by atoms with E-state index in [1.54, 1.807) is 19.3 Å². The molecular formula is C13H20N4O. The van der Waals surface area contributed by atoms with Crippen LogP contribution in [0, 0.1) is 0 Å². The lowest BCUT2D eigenvalue weighted by Gasteiger charge is -2.30. The first-order chi connectivity index (χ1) is 8.69. The zero-order valence-electron chi connectivity index (χ0n) is 10.7. The van der Waals surface area contributed by atoms with Crippen molar-refractivity contribution >= 4 is 11.6 Å². The third-order valence-electron chi connectivity index (χ3n) is 3.58. The molecule has 1 fully saturated rings. The van der Waals surface area contributed by atoms with Gasteiger partial charge in [0.15, 0.2) is 0 Å². The first-order valence-electron chi connectivity index (χ1n) is 6.35. The van der Waals surface area contributed by atoms with Gasteiger partial charge in [0.1, 0.15) is 5.69 Å². The van der Waals surface area contributed by atoms with Gasteiger partial charge in [-0.25, -0.2) is 0 Å². The quantitative estimate of drug-likeness (QED) is 0.746. The van der Waals surface area contributed by atoms with Crippen LogP contribution in [-0.4, -0.2) is 30.0 Å². The second-order valence-electron chi connectivity index (χ2n) is 4.83. The molecule has 0 unspecified atom stereocenters. The van der Waals surface area contributed by atoms with E-state index in [0.29, 0.717) is 12.2 Å². The van der Waals surface area contributed by atoms with Crippen molar-refractivity contribution < 1.29 is 4.79 Å². The predicted octanol–water partition coefficient (Wildman–Crippen LogP) is 1.12. The summed E-state index contributed by atoms with van der Waals surface area (Å²) in [6, 6.07) is 3.65. The van der Waals surface area contributed by atoms with Crippen molar-refractivity contribution in [3.8, 4) is 0 Å². The summed E-state index contributed by atoms with van der Waals surface area (Å²) in [7, 11) is 1.60. The largest absolute Gasteiger partial charge is 0.378 e. The van der Waals surface area contributed by atoms with Crippen LogP contribution in [0.4, 0.5) is 5.69 Å². The number of hydrogen-bond donors (Lipinski definition) is 3. The monoisotopic (exact) mass is 248 g/mol. The highest BCUT2D eigenvalue weighted by atomic mass is 16.1. The van der Waals surface area contributed by atoms with Gasteiger partial charge in [0.25, 0.3) is 5.91 Å². The Hall–Kier alpha value is -1.62. The Bertz CT molecular complexity index is 427. The average Bonchev–Trinajstić information content (AvgIpc) is 2.87. The van der Waals surface area contributed by atoms with Crippen LogP contribution < -0.4 is 16.4 Å². The molecule has 0 aliphatic heterocycles. The Kier molecular flexibility index (Phi) is 3.81. The molecular weight excluding hydrogens is 228 g/mol. The molecule has 5 nitrogen and oxygen atoms in total. The van der Waals surface area contributed by atoms with Gasteiger partial charge >= 0.3 is 0 Å². The van der Waals surface area contributed by atoms with Gasteiger partial charge in [-0.2, -0.15) is 0 Å². The Morgan fingerprint density at radius 3 is 2.83 bits per heavy atom. The molecule has 0 bridgehead atoms.